The maximum absolute atomic E-state index is 14.0. The van der Waals surface area contributed by atoms with Crippen molar-refractivity contribution in [1.29, 1.82) is 0 Å². The van der Waals surface area contributed by atoms with E-state index in [0.29, 0.717) is 41.6 Å². The summed E-state index contributed by atoms with van der Waals surface area (Å²) in [7, 11) is 0. The number of pyridine rings is 1. The standard InChI is InChI=1S/C23H21BrFN7O2/c24-18-20(13-3-1-12(2-4-13)19(25)23(33)34)31-22-16(11-30-32(22)21(18)26)14-5-6-17(27-9-14)15-7-8-28-29-10-15/h5-13,19H,1-4,26H2,(H,33,34). The predicted molar refractivity (Wildman–Crippen MR) is 127 cm³/mol. The summed E-state index contributed by atoms with van der Waals surface area (Å²) >= 11 is 3.57. The predicted octanol–water partition coefficient (Wildman–Crippen LogP) is 4.29. The molecule has 0 spiro atoms. The van der Waals surface area contributed by atoms with Crippen LogP contribution >= 0.6 is 15.9 Å². The number of carbonyl (C=O) groups is 1. The lowest BCUT2D eigenvalue weighted by molar-refractivity contribution is -0.145. The monoisotopic (exact) mass is 525 g/mol. The van der Waals surface area contributed by atoms with Crippen LogP contribution in [0, 0.1) is 5.92 Å². The van der Waals surface area contributed by atoms with Crippen LogP contribution in [0.3, 0.4) is 0 Å². The van der Waals surface area contributed by atoms with Gasteiger partial charge in [0.1, 0.15) is 5.82 Å². The Hall–Kier alpha value is -3.47. The molecule has 3 N–H and O–H groups in total. The van der Waals surface area contributed by atoms with Crippen molar-refractivity contribution >= 4 is 33.4 Å². The van der Waals surface area contributed by atoms with Crippen LogP contribution in [0.1, 0.15) is 37.3 Å². The van der Waals surface area contributed by atoms with E-state index in [9.17, 15) is 9.18 Å². The van der Waals surface area contributed by atoms with Gasteiger partial charge in [-0.15, -0.1) is 0 Å². The molecule has 0 bridgehead atoms. The summed E-state index contributed by atoms with van der Waals surface area (Å²) in [4.78, 5) is 20.5. The number of rotatable bonds is 5. The van der Waals surface area contributed by atoms with Gasteiger partial charge >= 0.3 is 5.97 Å². The van der Waals surface area contributed by atoms with Gasteiger partial charge < -0.3 is 10.8 Å². The summed E-state index contributed by atoms with van der Waals surface area (Å²) in [6, 6.07) is 5.68. The summed E-state index contributed by atoms with van der Waals surface area (Å²) in [5, 5.41) is 21.1. The van der Waals surface area contributed by atoms with Crippen molar-refractivity contribution in [2.45, 2.75) is 37.8 Å². The number of aliphatic carboxylic acids is 1. The molecule has 1 fully saturated rings. The normalized spacial score (nSPS) is 19.2. The van der Waals surface area contributed by atoms with E-state index in [2.05, 4.69) is 36.2 Å². The first-order chi connectivity index (χ1) is 16.4. The summed E-state index contributed by atoms with van der Waals surface area (Å²) in [5.41, 5.74) is 11.0. The molecule has 1 aliphatic carbocycles. The molecule has 0 radical (unpaired) electrons. The zero-order valence-corrected chi connectivity index (χ0v) is 19.6. The van der Waals surface area contributed by atoms with Crippen LogP contribution < -0.4 is 5.73 Å². The smallest absolute Gasteiger partial charge is 0.338 e. The first kappa shape index (κ1) is 22.3. The Labute approximate surface area is 202 Å². The fraction of sp³-hybridized carbons (Fsp3) is 0.304. The average molecular weight is 526 g/mol. The number of anilines is 1. The molecule has 0 amide bonds. The van der Waals surface area contributed by atoms with Gasteiger partial charge in [-0.2, -0.15) is 19.8 Å². The SMILES string of the molecule is Nc1c(Br)c(C2CCC(C(F)C(=O)O)CC2)nc2c(-c3ccc(-c4ccnnc4)nc3)cnn12. The van der Waals surface area contributed by atoms with Gasteiger partial charge in [0.15, 0.2) is 11.8 Å². The van der Waals surface area contributed by atoms with Crippen molar-refractivity contribution in [1.82, 2.24) is 29.8 Å². The van der Waals surface area contributed by atoms with Crippen molar-refractivity contribution in [3.63, 3.8) is 0 Å². The van der Waals surface area contributed by atoms with Crippen LogP contribution in [-0.2, 0) is 4.79 Å². The minimum Gasteiger partial charge on any atom is -0.479 e. The number of carboxylic acid groups (broad SMARTS) is 1. The Morgan fingerprint density at radius 2 is 1.91 bits per heavy atom. The molecule has 4 heterocycles. The van der Waals surface area contributed by atoms with E-state index in [4.69, 9.17) is 15.8 Å². The number of nitrogens with two attached hydrogens (primary N) is 1. The number of alkyl halides is 1. The van der Waals surface area contributed by atoms with Crippen molar-refractivity contribution < 1.29 is 14.3 Å². The van der Waals surface area contributed by atoms with E-state index >= 15 is 0 Å². The maximum Gasteiger partial charge on any atom is 0.338 e. The molecule has 4 aromatic heterocycles. The number of carboxylic acids is 1. The summed E-state index contributed by atoms with van der Waals surface area (Å²) in [6.07, 6.45) is 7.15. The molecular formula is C23H21BrFN7O2. The quantitative estimate of drug-likeness (QED) is 0.394. The molecule has 1 unspecified atom stereocenters. The molecule has 5 rings (SSSR count). The average Bonchev–Trinajstić information content (AvgIpc) is 3.30. The van der Waals surface area contributed by atoms with E-state index in [1.807, 2.05) is 18.2 Å². The van der Waals surface area contributed by atoms with Gasteiger partial charge in [0, 0.05) is 34.7 Å². The van der Waals surface area contributed by atoms with Crippen LogP contribution in [0.25, 0.3) is 28.0 Å². The van der Waals surface area contributed by atoms with Crippen LogP contribution in [-0.4, -0.2) is 47.0 Å². The van der Waals surface area contributed by atoms with Crippen LogP contribution in [0.5, 0.6) is 0 Å². The second-order valence-corrected chi connectivity index (χ2v) is 9.20. The molecule has 0 aromatic carbocycles. The number of hydrogen-bond acceptors (Lipinski definition) is 7. The van der Waals surface area contributed by atoms with Crippen molar-refractivity contribution in [3.05, 3.63) is 53.2 Å². The lowest BCUT2D eigenvalue weighted by atomic mass is 9.78. The number of hydrogen-bond donors (Lipinski definition) is 2. The molecular weight excluding hydrogens is 505 g/mol. The Morgan fingerprint density at radius 3 is 2.56 bits per heavy atom. The third kappa shape index (κ3) is 4.00. The zero-order chi connectivity index (χ0) is 23.8. The van der Waals surface area contributed by atoms with Crippen molar-refractivity contribution in [3.8, 4) is 22.4 Å². The fourth-order valence-corrected chi connectivity index (χ4v) is 5.12. The fourth-order valence-electron chi connectivity index (χ4n) is 4.54. The molecule has 9 nitrogen and oxygen atoms in total. The molecule has 1 atom stereocenters. The number of nitrogens with zero attached hydrogens (tertiary/aromatic N) is 6. The number of aromatic nitrogens is 6. The van der Waals surface area contributed by atoms with Crippen molar-refractivity contribution in [2.24, 2.45) is 5.92 Å². The minimum atomic E-state index is -1.83. The second-order valence-electron chi connectivity index (χ2n) is 8.40. The number of fused-ring (bicyclic) bond motifs is 1. The van der Waals surface area contributed by atoms with Gasteiger partial charge in [-0.3, -0.25) is 4.98 Å². The second kappa shape index (κ2) is 9.05. The number of halogens is 2. The molecule has 1 saturated carbocycles. The van der Waals surface area contributed by atoms with E-state index in [-0.39, 0.29) is 5.92 Å². The van der Waals surface area contributed by atoms with Gasteiger partial charge in [-0.05, 0) is 53.7 Å². The lowest BCUT2D eigenvalue weighted by Crippen LogP contribution is -2.28. The van der Waals surface area contributed by atoms with Crippen LogP contribution in [0.15, 0.2) is 47.5 Å². The molecule has 1 aliphatic rings. The van der Waals surface area contributed by atoms with Crippen LogP contribution in [0.2, 0.25) is 0 Å². The van der Waals surface area contributed by atoms with Gasteiger partial charge in [-0.1, -0.05) is 6.07 Å². The molecule has 0 aliphatic heterocycles. The van der Waals surface area contributed by atoms with Gasteiger partial charge in [0.05, 0.1) is 34.5 Å². The minimum absolute atomic E-state index is 0.0429. The van der Waals surface area contributed by atoms with Gasteiger partial charge in [-0.25, -0.2) is 14.2 Å². The van der Waals surface area contributed by atoms with E-state index < -0.39 is 18.1 Å². The summed E-state index contributed by atoms with van der Waals surface area (Å²) in [6.45, 7) is 0. The number of nitrogen functional groups attached to an aromatic ring is 1. The molecule has 34 heavy (non-hydrogen) atoms. The van der Waals surface area contributed by atoms with E-state index in [1.54, 1.807) is 29.3 Å². The Kier molecular flexibility index (Phi) is 5.94. The maximum atomic E-state index is 14.0. The largest absolute Gasteiger partial charge is 0.479 e. The summed E-state index contributed by atoms with van der Waals surface area (Å²) < 4.78 is 16.2. The van der Waals surface area contributed by atoms with E-state index in [0.717, 1.165) is 28.1 Å². The van der Waals surface area contributed by atoms with E-state index in [1.165, 1.54) is 0 Å². The Balaban J connectivity index is 1.46. The first-order valence-electron chi connectivity index (χ1n) is 10.9. The highest BCUT2D eigenvalue weighted by atomic mass is 79.9. The van der Waals surface area contributed by atoms with Gasteiger partial charge in [0.25, 0.3) is 0 Å². The zero-order valence-electron chi connectivity index (χ0n) is 18.0. The molecule has 174 valence electrons. The molecule has 11 heteroatoms. The van der Waals surface area contributed by atoms with Crippen LogP contribution in [0.4, 0.5) is 10.2 Å². The lowest BCUT2D eigenvalue weighted by Gasteiger charge is -2.29. The first-order valence-corrected chi connectivity index (χ1v) is 11.7. The van der Waals surface area contributed by atoms with Gasteiger partial charge in [0.2, 0.25) is 0 Å². The van der Waals surface area contributed by atoms with Crippen molar-refractivity contribution in [2.75, 3.05) is 5.73 Å². The molecule has 4 aromatic rings. The Morgan fingerprint density at radius 1 is 1.12 bits per heavy atom. The Bertz CT molecular complexity index is 1340. The third-order valence-electron chi connectivity index (χ3n) is 6.41. The summed E-state index contributed by atoms with van der Waals surface area (Å²) in [5.74, 6) is -1.40. The highest BCUT2D eigenvalue weighted by Crippen LogP contribution is 2.41. The highest BCUT2D eigenvalue weighted by Gasteiger charge is 2.34. The molecule has 0 saturated heterocycles. The third-order valence-corrected chi connectivity index (χ3v) is 7.22. The highest BCUT2D eigenvalue weighted by molar-refractivity contribution is 9.10. The topological polar surface area (TPSA) is 132 Å².